The van der Waals surface area contributed by atoms with Crippen LogP contribution in [0, 0.1) is 0 Å². The average Bonchev–Trinajstić information content (AvgIpc) is 3.45. The van der Waals surface area contributed by atoms with Crippen molar-refractivity contribution < 1.29 is 32.6 Å². The second-order valence-electron chi connectivity index (χ2n) is 8.25. The lowest BCUT2D eigenvalue weighted by Gasteiger charge is -2.32. The fourth-order valence-electron chi connectivity index (χ4n) is 3.64. The SMILES string of the molecule is C[C@@H](C(=O)O)N(C(=O)[C@@H]1CCCN1S(=O)(=O)c1cn(C)cn1)c1ccc(OC(=O)N(C)C)c(Cl)c1. The minimum Gasteiger partial charge on any atom is -0.480 e. The number of anilines is 1. The zero-order valence-corrected chi connectivity index (χ0v) is 21.2. The number of rotatable bonds is 7. The molecule has 2 aromatic rings. The van der Waals surface area contributed by atoms with E-state index in [0.717, 1.165) is 9.21 Å². The average molecular weight is 528 g/mol. The Morgan fingerprint density at radius 2 is 1.97 bits per heavy atom. The second kappa shape index (κ2) is 10.2. The second-order valence-corrected chi connectivity index (χ2v) is 10.5. The molecule has 0 radical (unpaired) electrons. The van der Waals surface area contributed by atoms with Crippen LogP contribution in [0.5, 0.6) is 5.75 Å². The molecule has 0 spiro atoms. The number of carboxylic acids is 1. The van der Waals surface area contributed by atoms with Gasteiger partial charge in [0.1, 0.15) is 12.1 Å². The summed E-state index contributed by atoms with van der Waals surface area (Å²) >= 11 is 6.26. The number of carbonyl (C=O) groups excluding carboxylic acids is 2. The molecule has 2 heterocycles. The summed E-state index contributed by atoms with van der Waals surface area (Å²) in [6.45, 7) is 1.39. The summed E-state index contributed by atoms with van der Waals surface area (Å²) in [7, 11) is 0.515. The maximum absolute atomic E-state index is 13.6. The van der Waals surface area contributed by atoms with Gasteiger partial charge in [0.2, 0.25) is 5.91 Å². The Bertz CT molecular complexity index is 1250. The number of halogens is 1. The molecule has 14 heteroatoms. The van der Waals surface area contributed by atoms with Crippen LogP contribution in [0.25, 0.3) is 0 Å². The minimum absolute atomic E-state index is 0.0183. The van der Waals surface area contributed by atoms with Crippen LogP contribution in [0.4, 0.5) is 10.5 Å². The largest absolute Gasteiger partial charge is 0.480 e. The fourth-order valence-corrected chi connectivity index (χ4v) is 5.47. The zero-order valence-electron chi connectivity index (χ0n) is 19.6. The van der Waals surface area contributed by atoms with E-state index >= 15 is 0 Å². The van der Waals surface area contributed by atoms with Gasteiger partial charge in [-0.05, 0) is 38.0 Å². The number of sulfonamides is 1. The van der Waals surface area contributed by atoms with Crippen LogP contribution in [0.3, 0.4) is 0 Å². The van der Waals surface area contributed by atoms with E-state index in [2.05, 4.69) is 4.98 Å². The molecule has 12 nitrogen and oxygen atoms in total. The molecule has 1 fully saturated rings. The topological polar surface area (TPSA) is 142 Å². The number of nitrogens with zero attached hydrogens (tertiary/aromatic N) is 5. The van der Waals surface area contributed by atoms with Crippen LogP contribution in [0.2, 0.25) is 5.02 Å². The van der Waals surface area contributed by atoms with Crippen LogP contribution in [0.1, 0.15) is 19.8 Å². The lowest BCUT2D eigenvalue weighted by atomic mass is 10.1. The summed E-state index contributed by atoms with van der Waals surface area (Å²) in [5.74, 6) is -1.99. The molecule has 3 rings (SSSR count). The number of carbonyl (C=O) groups is 3. The van der Waals surface area contributed by atoms with Gasteiger partial charge in [0, 0.05) is 39.6 Å². The summed E-state index contributed by atoms with van der Waals surface area (Å²) in [4.78, 5) is 43.4. The van der Waals surface area contributed by atoms with E-state index < -0.39 is 40.1 Å². The monoisotopic (exact) mass is 527 g/mol. The normalized spacial score (nSPS) is 17.1. The molecule has 190 valence electrons. The molecule has 1 aliphatic heterocycles. The first-order valence-electron chi connectivity index (χ1n) is 10.6. The number of imidazole rings is 1. The summed E-state index contributed by atoms with van der Waals surface area (Å²) in [6.07, 6.45) is 2.62. The van der Waals surface area contributed by atoms with Crippen molar-refractivity contribution in [3.8, 4) is 5.75 Å². The lowest BCUT2D eigenvalue weighted by Crippen LogP contribution is -2.52. The number of hydrogen-bond acceptors (Lipinski definition) is 7. The van der Waals surface area contributed by atoms with Crippen molar-refractivity contribution in [2.45, 2.75) is 36.9 Å². The van der Waals surface area contributed by atoms with E-state index in [1.807, 2.05) is 0 Å². The molecular weight excluding hydrogens is 502 g/mol. The highest BCUT2D eigenvalue weighted by Crippen LogP contribution is 2.33. The fraction of sp³-hybridized carbons (Fsp3) is 0.429. The first-order chi connectivity index (χ1) is 16.3. The van der Waals surface area contributed by atoms with Crippen molar-refractivity contribution >= 4 is 45.3 Å². The van der Waals surface area contributed by atoms with Crippen LogP contribution >= 0.6 is 11.6 Å². The molecular formula is C21H26ClN5O7S. The van der Waals surface area contributed by atoms with Gasteiger partial charge >= 0.3 is 12.1 Å². The molecule has 35 heavy (non-hydrogen) atoms. The van der Waals surface area contributed by atoms with Crippen LogP contribution < -0.4 is 9.64 Å². The number of amides is 2. The minimum atomic E-state index is -4.09. The van der Waals surface area contributed by atoms with Crippen LogP contribution in [-0.4, -0.2) is 83.0 Å². The highest BCUT2D eigenvalue weighted by molar-refractivity contribution is 7.89. The van der Waals surface area contributed by atoms with E-state index in [4.69, 9.17) is 16.3 Å². The van der Waals surface area contributed by atoms with Gasteiger partial charge < -0.3 is 19.3 Å². The van der Waals surface area contributed by atoms with Gasteiger partial charge in [-0.15, -0.1) is 0 Å². The number of aromatic nitrogens is 2. The first-order valence-corrected chi connectivity index (χ1v) is 12.4. The number of benzene rings is 1. The van der Waals surface area contributed by atoms with Crippen molar-refractivity contribution in [2.75, 3.05) is 25.5 Å². The maximum Gasteiger partial charge on any atom is 0.414 e. The molecule has 0 unspecified atom stereocenters. The Labute approximate surface area is 207 Å². The van der Waals surface area contributed by atoms with Crippen LogP contribution in [0.15, 0.2) is 35.7 Å². The predicted octanol–water partition coefficient (Wildman–Crippen LogP) is 1.79. The van der Waals surface area contributed by atoms with Crippen LogP contribution in [-0.2, 0) is 26.7 Å². The van der Waals surface area contributed by atoms with Gasteiger partial charge in [0.25, 0.3) is 10.0 Å². The zero-order chi connectivity index (χ0) is 26.1. The Hall–Kier alpha value is -3.16. The Balaban J connectivity index is 1.97. The summed E-state index contributed by atoms with van der Waals surface area (Å²) in [5, 5.41) is 9.44. The van der Waals surface area contributed by atoms with Gasteiger partial charge in [-0.1, -0.05) is 11.6 Å². The third-order valence-corrected chi connectivity index (χ3v) is 7.57. The molecule has 0 aliphatic carbocycles. The third kappa shape index (κ3) is 5.41. The van der Waals surface area contributed by atoms with Gasteiger partial charge in [-0.3, -0.25) is 9.69 Å². The molecule has 1 aromatic carbocycles. The summed E-state index contributed by atoms with van der Waals surface area (Å²) < 4.78 is 34.0. The van der Waals surface area contributed by atoms with E-state index in [1.165, 1.54) is 61.2 Å². The molecule has 1 N–H and O–H groups in total. The number of ether oxygens (including phenoxy) is 1. The van der Waals surface area contributed by atoms with E-state index in [-0.39, 0.29) is 34.5 Å². The van der Waals surface area contributed by atoms with Crippen molar-refractivity contribution in [1.82, 2.24) is 18.8 Å². The Kier molecular flexibility index (Phi) is 7.72. The van der Waals surface area contributed by atoms with Gasteiger partial charge in [-0.2, -0.15) is 4.31 Å². The van der Waals surface area contributed by atoms with Crippen molar-refractivity contribution in [1.29, 1.82) is 0 Å². The first kappa shape index (κ1) is 26.4. The van der Waals surface area contributed by atoms with Gasteiger partial charge in [0.05, 0.1) is 11.3 Å². The quantitative estimate of drug-likeness (QED) is 0.574. The van der Waals surface area contributed by atoms with E-state index in [9.17, 15) is 27.9 Å². The Morgan fingerprint density at radius 3 is 2.51 bits per heavy atom. The lowest BCUT2D eigenvalue weighted by molar-refractivity contribution is -0.140. The van der Waals surface area contributed by atoms with Crippen molar-refractivity contribution in [3.05, 3.63) is 35.7 Å². The van der Waals surface area contributed by atoms with E-state index in [1.54, 1.807) is 7.05 Å². The maximum atomic E-state index is 13.6. The summed E-state index contributed by atoms with van der Waals surface area (Å²) in [5.41, 5.74) is 0.113. The molecule has 2 atom stereocenters. The number of aliphatic carboxylic acids is 1. The highest BCUT2D eigenvalue weighted by Gasteiger charge is 2.44. The number of hydrogen-bond donors (Lipinski definition) is 1. The molecule has 1 aromatic heterocycles. The number of aryl methyl sites for hydroxylation is 1. The molecule has 1 saturated heterocycles. The molecule has 2 amide bonds. The smallest absolute Gasteiger partial charge is 0.414 e. The van der Waals surface area contributed by atoms with Crippen molar-refractivity contribution in [3.63, 3.8) is 0 Å². The van der Waals surface area contributed by atoms with E-state index in [0.29, 0.717) is 6.42 Å². The third-order valence-electron chi connectivity index (χ3n) is 5.48. The van der Waals surface area contributed by atoms with Crippen molar-refractivity contribution in [2.24, 2.45) is 7.05 Å². The van der Waals surface area contributed by atoms with Gasteiger partial charge in [0.15, 0.2) is 10.8 Å². The Morgan fingerprint density at radius 1 is 1.29 bits per heavy atom. The summed E-state index contributed by atoms with van der Waals surface area (Å²) in [6, 6.07) is 1.55. The highest BCUT2D eigenvalue weighted by atomic mass is 35.5. The molecule has 0 bridgehead atoms. The molecule has 0 saturated carbocycles. The van der Waals surface area contributed by atoms with Gasteiger partial charge in [-0.25, -0.2) is 23.0 Å². The predicted molar refractivity (Wildman–Crippen MR) is 126 cm³/mol. The molecule has 1 aliphatic rings. The number of carboxylic acid groups (broad SMARTS) is 1. The standard InChI is InChI=1S/C21H26ClN5O7S/c1-13(20(29)30)27(14-7-8-17(15(22)10-14)34-21(31)24(2)3)19(28)16-6-5-9-26(16)35(32,33)18-11-25(4)12-23-18/h7-8,10-13,16H,5-6,9H2,1-4H3,(H,29,30)/t13-,16-/m0/s1.